The maximum Gasteiger partial charge on any atom is 0.406 e. The maximum absolute atomic E-state index is 12.6. The van der Waals surface area contributed by atoms with Gasteiger partial charge < -0.3 is 15.2 Å². The lowest BCUT2D eigenvalue weighted by Gasteiger charge is -2.24. The standard InChI is InChI=1S/C13H16F3NO3/c1-2-19-12(18)10(11(17)13(14,15)16)20-8-9-6-4-3-5-7-9/h3-7,10-11H,2,8,17H2,1H3/t10-,11-/m0/s1. The smallest absolute Gasteiger partial charge is 0.406 e. The highest BCUT2D eigenvalue weighted by molar-refractivity contribution is 5.75. The van der Waals surface area contributed by atoms with Crippen LogP contribution in [0.2, 0.25) is 0 Å². The third kappa shape index (κ3) is 4.82. The number of halogens is 3. The molecule has 0 aromatic heterocycles. The summed E-state index contributed by atoms with van der Waals surface area (Å²) in [6.45, 7) is 1.29. The highest BCUT2D eigenvalue weighted by Crippen LogP contribution is 2.23. The van der Waals surface area contributed by atoms with Gasteiger partial charge in [-0.1, -0.05) is 30.3 Å². The molecule has 2 N–H and O–H groups in total. The van der Waals surface area contributed by atoms with Gasteiger partial charge in [-0.15, -0.1) is 0 Å². The van der Waals surface area contributed by atoms with Gasteiger partial charge in [-0.05, 0) is 12.5 Å². The Morgan fingerprint density at radius 1 is 1.30 bits per heavy atom. The summed E-state index contributed by atoms with van der Waals surface area (Å²) in [5.74, 6) is -1.12. The largest absolute Gasteiger partial charge is 0.464 e. The van der Waals surface area contributed by atoms with Crippen LogP contribution in [0.4, 0.5) is 13.2 Å². The summed E-state index contributed by atoms with van der Waals surface area (Å²) in [5, 5.41) is 0. The van der Waals surface area contributed by atoms with E-state index in [4.69, 9.17) is 10.5 Å². The second-order valence-electron chi connectivity index (χ2n) is 4.04. The van der Waals surface area contributed by atoms with Crippen LogP contribution in [0.1, 0.15) is 12.5 Å². The second kappa shape index (κ2) is 7.25. The Hall–Kier alpha value is -1.60. The topological polar surface area (TPSA) is 61.5 Å². The molecule has 0 saturated heterocycles. The van der Waals surface area contributed by atoms with E-state index in [1.807, 2.05) is 0 Å². The van der Waals surface area contributed by atoms with Crippen LogP contribution in [0.5, 0.6) is 0 Å². The van der Waals surface area contributed by atoms with E-state index in [1.165, 1.54) is 6.92 Å². The number of nitrogens with two attached hydrogens (primary N) is 1. The Morgan fingerprint density at radius 3 is 2.40 bits per heavy atom. The summed E-state index contributed by atoms with van der Waals surface area (Å²) >= 11 is 0. The van der Waals surface area contributed by atoms with Crippen molar-refractivity contribution < 1.29 is 27.4 Å². The normalized spacial score (nSPS) is 14.7. The van der Waals surface area contributed by atoms with Gasteiger partial charge in [0.2, 0.25) is 0 Å². The molecule has 2 atom stereocenters. The summed E-state index contributed by atoms with van der Waals surface area (Å²) in [6.07, 6.45) is -6.62. The molecule has 112 valence electrons. The Morgan fingerprint density at radius 2 is 1.90 bits per heavy atom. The van der Waals surface area contributed by atoms with Crippen LogP contribution >= 0.6 is 0 Å². The number of carbonyl (C=O) groups excluding carboxylic acids is 1. The van der Waals surface area contributed by atoms with Crippen LogP contribution in [-0.4, -0.2) is 30.9 Å². The highest BCUT2D eigenvalue weighted by atomic mass is 19.4. The Kier molecular flexibility index (Phi) is 5.97. The summed E-state index contributed by atoms with van der Waals surface area (Å²) in [5.41, 5.74) is 5.67. The first-order valence-corrected chi connectivity index (χ1v) is 6.00. The van der Waals surface area contributed by atoms with Gasteiger partial charge >= 0.3 is 12.1 Å². The minimum absolute atomic E-state index is 0.0470. The molecule has 0 spiro atoms. The first kappa shape index (κ1) is 16.5. The number of hydrogen-bond acceptors (Lipinski definition) is 4. The molecule has 0 saturated carbocycles. The molecule has 4 nitrogen and oxygen atoms in total. The number of ether oxygens (including phenoxy) is 2. The van der Waals surface area contributed by atoms with Gasteiger partial charge in [-0.3, -0.25) is 0 Å². The van der Waals surface area contributed by atoms with Crippen LogP contribution in [0.15, 0.2) is 30.3 Å². The van der Waals surface area contributed by atoms with Crippen molar-refractivity contribution in [2.75, 3.05) is 6.61 Å². The van der Waals surface area contributed by atoms with Gasteiger partial charge in [0.15, 0.2) is 6.10 Å². The van der Waals surface area contributed by atoms with Gasteiger partial charge in [-0.25, -0.2) is 4.79 Å². The van der Waals surface area contributed by atoms with Crippen LogP contribution in [-0.2, 0) is 20.9 Å². The van der Waals surface area contributed by atoms with Crippen LogP contribution in [0.25, 0.3) is 0 Å². The van der Waals surface area contributed by atoms with Crippen molar-refractivity contribution in [3.8, 4) is 0 Å². The maximum atomic E-state index is 12.6. The van der Waals surface area contributed by atoms with Crippen molar-refractivity contribution in [3.05, 3.63) is 35.9 Å². The molecule has 20 heavy (non-hydrogen) atoms. The van der Waals surface area contributed by atoms with Crippen LogP contribution in [0, 0.1) is 0 Å². The van der Waals surface area contributed by atoms with Crippen LogP contribution < -0.4 is 5.73 Å². The summed E-state index contributed by atoms with van der Waals surface area (Å²) in [6, 6.07) is 6.09. The molecule has 0 aliphatic heterocycles. The fraction of sp³-hybridized carbons (Fsp3) is 0.462. The van der Waals surface area contributed by atoms with Crippen molar-refractivity contribution in [1.29, 1.82) is 0 Å². The molecule has 7 heteroatoms. The van der Waals surface area contributed by atoms with Crippen molar-refractivity contribution in [2.45, 2.75) is 31.9 Å². The summed E-state index contributed by atoms with van der Waals surface area (Å²) < 4.78 is 47.4. The van der Waals surface area contributed by atoms with Crippen molar-refractivity contribution in [2.24, 2.45) is 5.73 Å². The fourth-order valence-corrected chi connectivity index (χ4v) is 1.47. The van der Waals surface area contributed by atoms with E-state index in [2.05, 4.69) is 4.74 Å². The van der Waals surface area contributed by atoms with E-state index in [0.29, 0.717) is 5.56 Å². The van der Waals surface area contributed by atoms with Crippen molar-refractivity contribution >= 4 is 5.97 Å². The van der Waals surface area contributed by atoms with Crippen molar-refractivity contribution in [1.82, 2.24) is 0 Å². The van der Waals surface area contributed by atoms with Gasteiger partial charge in [-0.2, -0.15) is 13.2 Å². The van der Waals surface area contributed by atoms with Gasteiger partial charge in [0, 0.05) is 0 Å². The minimum atomic E-state index is -4.74. The first-order chi connectivity index (χ1) is 9.36. The fourth-order valence-electron chi connectivity index (χ4n) is 1.47. The number of esters is 1. The Balaban J connectivity index is 2.75. The molecule has 1 aromatic carbocycles. The van der Waals surface area contributed by atoms with E-state index >= 15 is 0 Å². The van der Waals surface area contributed by atoms with Gasteiger partial charge in [0.25, 0.3) is 0 Å². The Labute approximate surface area is 114 Å². The van der Waals surface area contributed by atoms with E-state index in [9.17, 15) is 18.0 Å². The number of hydrogen-bond donors (Lipinski definition) is 1. The van der Waals surface area contributed by atoms with Crippen LogP contribution in [0.3, 0.4) is 0 Å². The zero-order valence-corrected chi connectivity index (χ0v) is 10.9. The van der Waals surface area contributed by atoms with E-state index in [-0.39, 0.29) is 13.2 Å². The lowest BCUT2D eigenvalue weighted by atomic mass is 10.1. The number of carbonyl (C=O) groups is 1. The Bertz CT molecular complexity index is 423. The number of alkyl halides is 3. The number of rotatable bonds is 6. The average Bonchev–Trinajstić information content (AvgIpc) is 2.39. The highest BCUT2D eigenvalue weighted by Gasteiger charge is 2.46. The molecule has 0 aliphatic rings. The predicted molar refractivity (Wildman–Crippen MR) is 65.7 cm³/mol. The molecule has 0 radical (unpaired) electrons. The molecular formula is C13H16F3NO3. The molecule has 0 heterocycles. The summed E-state index contributed by atoms with van der Waals surface area (Å²) in [7, 11) is 0. The molecule has 0 unspecified atom stereocenters. The lowest BCUT2D eigenvalue weighted by molar-refractivity contribution is -0.194. The molecular weight excluding hydrogens is 275 g/mol. The molecule has 0 bridgehead atoms. The van der Waals surface area contributed by atoms with Crippen molar-refractivity contribution in [3.63, 3.8) is 0 Å². The van der Waals surface area contributed by atoms with Gasteiger partial charge in [0.05, 0.1) is 13.2 Å². The minimum Gasteiger partial charge on any atom is -0.464 e. The molecule has 0 aliphatic carbocycles. The zero-order chi connectivity index (χ0) is 15.2. The molecule has 0 amide bonds. The quantitative estimate of drug-likeness (QED) is 0.815. The first-order valence-electron chi connectivity index (χ1n) is 6.00. The lowest BCUT2D eigenvalue weighted by Crippen LogP contribution is -2.52. The monoisotopic (exact) mass is 291 g/mol. The average molecular weight is 291 g/mol. The SMILES string of the molecule is CCOC(=O)[C@@H](OCc1ccccc1)[C@H](N)C(F)(F)F. The molecule has 1 aromatic rings. The predicted octanol–water partition coefficient (Wildman–Crippen LogP) is 2.02. The number of benzene rings is 1. The molecule has 1 rings (SSSR count). The summed E-state index contributed by atoms with van der Waals surface area (Å²) in [4.78, 5) is 11.5. The van der Waals surface area contributed by atoms with Gasteiger partial charge in [0.1, 0.15) is 6.04 Å². The molecule has 0 fully saturated rings. The third-order valence-electron chi connectivity index (χ3n) is 2.50. The van der Waals surface area contributed by atoms with E-state index in [0.717, 1.165) is 0 Å². The van der Waals surface area contributed by atoms with E-state index in [1.54, 1.807) is 30.3 Å². The second-order valence-corrected chi connectivity index (χ2v) is 4.04. The van der Waals surface area contributed by atoms with E-state index < -0.39 is 24.3 Å². The zero-order valence-electron chi connectivity index (χ0n) is 10.9. The third-order valence-corrected chi connectivity index (χ3v) is 2.50.